The van der Waals surface area contributed by atoms with Crippen LogP contribution in [0.15, 0.2) is 12.8 Å². The fourth-order valence-electron chi connectivity index (χ4n) is 0.341. The number of rotatable bonds is 4. The fourth-order valence-corrected chi connectivity index (χ4v) is 0.341. The lowest BCUT2D eigenvalue weighted by Crippen LogP contribution is -1.87. The first-order valence-electron chi connectivity index (χ1n) is 3.68. The smallest absolute Gasteiger partial charge is 0.307 e. The summed E-state index contributed by atoms with van der Waals surface area (Å²) in [5, 5.41) is 16.2. The van der Waals surface area contributed by atoms with Gasteiger partial charge in [-0.3, -0.25) is 4.79 Å². The highest BCUT2D eigenvalue weighted by Gasteiger charge is 1.79. The Morgan fingerprint density at radius 3 is 1.92 bits per heavy atom. The van der Waals surface area contributed by atoms with Crippen molar-refractivity contribution >= 4 is 5.97 Å². The second-order valence-electron chi connectivity index (χ2n) is 1.93. The SMILES string of the molecule is C=COC(C)=O.OCCCCO. The Balaban J connectivity index is 0. The van der Waals surface area contributed by atoms with Crippen LogP contribution in [0.3, 0.4) is 0 Å². The van der Waals surface area contributed by atoms with Gasteiger partial charge >= 0.3 is 5.97 Å². The lowest BCUT2D eigenvalue weighted by atomic mass is 10.3. The van der Waals surface area contributed by atoms with Gasteiger partial charge in [0.05, 0.1) is 6.26 Å². The maximum Gasteiger partial charge on any atom is 0.307 e. The molecule has 0 aromatic heterocycles. The van der Waals surface area contributed by atoms with Crippen molar-refractivity contribution in [3.8, 4) is 0 Å². The predicted molar refractivity (Wildman–Crippen MR) is 45.4 cm³/mol. The van der Waals surface area contributed by atoms with E-state index in [1.165, 1.54) is 6.92 Å². The van der Waals surface area contributed by atoms with Crippen LogP contribution in [0.25, 0.3) is 0 Å². The lowest BCUT2D eigenvalue weighted by Gasteiger charge is -1.85. The zero-order chi connectivity index (χ0) is 9.82. The summed E-state index contributed by atoms with van der Waals surface area (Å²) in [6.07, 6.45) is 2.54. The van der Waals surface area contributed by atoms with Gasteiger partial charge < -0.3 is 14.9 Å². The van der Waals surface area contributed by atoms with Crippen molar-refractivity contribution in [2.75, 3.05) is 13.2 Å². The summed E-state index contributed by atoms with van der Waals surface area (Å²) >= 11 is 0. The van der Waals surface area contributed by atoms with Gasteiger partial charge in [-0.15, -0.1) is 0 Å². The van der Waals surface area contributed by atoms with Crippen LogP contribution in [0.1, 0.15) is 19.8 Å². The van der Waals surface area contributed by atoms with Crippen LogP contribution in [0.4, 0.5) is 0 Å². The number of carbonyl (C=O) groups is 1. The van der Waals surface area contributed by atoms with Crippen LogP contribution in [0.2, 0.25) is 0 Å². The molecule has 0 aromatic carbocycles. The summed E-state index contributed by atoms with van der Waals surface area (Å²) < 4.78 is 4.17. The first kappa shape index (κ1) is 13.7. The fraction of sp³-hybridized carbons (Fsp3) is 0.625. The Morgan fingerprint density at radius 2 is 1.83 bits per heavy atom. The summed E-state index contributed by atoms with van der Waals surface area (Å²) in [6, 6.07) is 0. The maximum absolute atomic E-state index is 9.75. The molecule has 0 spiro atoms. The standard InChI is InChI=1S/C4H6O2.C4H10O2/c1-3-6-4(2)5;5-3-1-2-4-6/h3H,1H2,2H3;5-6H,1-4H2. The van der Waals surface area contributed by atoms with Gasteiger partial charge in [0.15, 0.2) is 0 Å². The molecule has 0 aliphatic carbocycles. The van der Waals surface area contributed by atoms with Gasteiger partial charge in [-0.25, -0.2) is 0 Å². The van der Waals surface area contributed by atoms with E-state index < -0.39 is 0 Å². The molecule has 0 saturated heterocycles. The molecule has 0 amide bonds. The number of carbonyl (C=O) groups excluding carboxylic acids is 1. The van der Waals surface area contributed by atoms with Gasteiger partial charge in [0, 0.05) is 20.1 Å². The van der Waals surface area contributed by atoms with Crippen molar-refractivity contribution < 1.29 is 19.7 Å². The van der Waals surface area contributed by atoms with Crippen LogP contribution < -0.4 is 0 Å². The van der Waals surface area contributed by atoms with Gasteiger partial charge in [-0.1, -0.05) is 6.58 Å². The molecule has 4 heteroatoms. The average Bonchev–Trinajstić information content (AvgIpc) is 2.02. The van der Waals surface area contributed by atoms with Crippen molar-refractivity contribution in [2.45, 2.75) is 19.8 Å². The summed E-state index contributed by atoms with van der Waals surface area (Å²) in [6.45, 7) is 4.87. The quantitative estimate of drug-likeness (QED) is 0.370. The summed E-state index contributed by atoms with van der Waals surface area (Å²) in [4.78, 5) is 9.75. The number of unbranched alkanes of at least 4 members (excludes halogenated alkanes) is 1. The molecule has 0 rings (SSSR count). The monoisotopic (exact) mass is 176 g/mol. The van der Waals surface area contributed by atoms with E-state index >= 15 is 0 Å². The predicted octanol–water partition coefficient (Wildman–Crippen LogP) is 0.444. The van der Waals surface area contributed by atoms with Crippen LogP contribution in [-0.2, 0) is 9.53 Å². The number of ether oxygens (including phenoxy) is 1. The van der Waals surface area contributed by atoms with E-state index in [4.69, 9.17) is 10.2 Å². The van der Waals surface area contributed by atoms with Crippen LogP contribution in [0, 0.1) is 0 Å². The molecule has 12 heavy (non-hydrogen) atoms. The molecule has 4 nitrogen and oxygen atoms in total. The number of esters is 1. The normalized spacial score (nSPS) is 7.92. The third-order valence-corrected chi connectivity index (χ3v) is 0.816. The van der Waals surface area contributed by atoms with E-state index in [9.17, 15) is 4.79 Å². The lowest BCUT2D eigenvalue weighted by molar-refractivity contribution is -0.135. The molecule has 0 aromatic rings. The molecule has 2 N–H and O–H groups in total. The topological polar surface area (TPSA) is 66.8 Å². The zero-order valence-corrected chi connectivity index (χ0v) is 7.32. The molecule has 0 atom stereocenters. The number of hydrogen-bond donors (Lipinski definition) is 2. The first-order chi connectivity index (χ1) is 5.68. The van der Waals surface area contributed by atoms with E-state index in [-0.39, 0.29) is 19.2 Å². The second kappa shape index (κ2) is 12.8. The third kappa shape index (κ3) is 22.9. The largest absolute Gasteiger partial charge is 0.435 e. The molecule has 0 bridgehead atoms. The summed E-state index contributed by atoms with van der Waals surface area (Å²) in [7, 11) is 0. The highest BCUT2D eigenvalue weighted by molar-refractivity contribution is 5.66. The minimum Gasteiger partial charge on any atom is -0.435 e. The Labute approximate surface area is 72.5 Å². The summed E-state index contributed by atoms with van der Waals surface area (Å²) in [5.41, 5.74) is 0. The summed E-state index contributed by atoms with van der Waals surface area (Å²) in [5.74, 6) is -0.329. The van der Waals surface area contributed by atoms with E-state index in [1.807, 2.05) is 0 Å². The molecule has 0 unspecified atom stereocenters. The van der Waals surface area contributed by atoms with Crippen LogP contribution in [0.5, 0.6) is 0 Å². The first-order valence-corrected chi connectivity index (χ1v) is 3.68. The molecule has 0 radical (unpaired) electrons. The molecular weight excluding hydrogens is 160 g/mol. The highest BCUT2D eigenvalue weighted by atomic mass is 16.5. The van der Waals surface area contributed by atoms with Gasteiger partial charge in [-0.2, -0.15) is 0 Å². The molecule has 0 heterocycles. The van der Waals surface area contributed by atoms with E-state index in [1.54, 1.807) is 0 Å². The Kier molecular flexibility index (Phi) is 14.6. The van der Waals surface area contributed by atoms with Crippen molar-refractivity contribution in [2.24, 2.45) is 0 Å². The van der Waals surface area contributed by atoms with Crippen molar-refractivity contribution in [3.63, 3.8) is 0 Å². The number of hydrogen-bond acceptors (Lipinski definition) is 4. The average molecular weight is 176 g/mol. The van der Waals surface area contributed by atoms with Crippen molar-refractivity contribution in [1.29, 1.82) is 0 Å². The minimum atomic E-state index is -0.329. The minimum absolute atomic E-state index is 0.195. The van der Waals surface area contributed by atoms with E-state index in [2.05, 4.69) is 11.3 Å². The number of aliphatic hydroxyl groups is 2. The maximum atomic E-state index is 9.75. The molecule has 0 fully saturated rings. The van der Waals surface area contributed by atoms with Gasteiger partial charge in [-0.05, 0) is 12.8 Å². The van der Waals surface area contributed by atoms with Crippen molar-refractivity contribution in [3.05, 3.63) is 12.8 Å². The van der Waals surface area contributed by atoms with Gasteiger partial charge in [0.1, 0.15) is 0 Å². The Morgan fingerprint density at radius 1 is 1.42 bits per heavy atom. The molecule has 0 aliphatic heterocycles. The van der Waals surface area contributed by atoms with Crippen molar-refractivity contribution in [1.82, 2.24) is 0 Å². The number of aliphatic hydroxyl groups excluding tert-OH is 2. The van der Waals surface area contributed by atoms with Gasteiger partial charge in [0.2, 0.25) is 0 Å². The van der Waals surface area contributed by atoms with Crippen LogP contribution >= 0.6 is 0 Å². The Hall–Kier alpha value is -0.870. The second-order valence-corrected chi connectivity index (χ2v) is 1.93. The van der Waals surface area contributed by atoms with Gasteiger partial charge in [0.25, 0.3) is 0 Å². The molecule has 0 aliphatic rings. The van der Waals surface area contributed by atoms with Crippen LogP contribution in [-0.4, -0.2) is 29.4 Å². The van der Waals surface area contributed by atoms with E-state index in [0.717, 1.165) is 19.1 Å². The third-order valence-electron chi connectivity index (χ3n) is 0.816. The Bertz CT molecular complexity index is 108. The highest BCUT2D eigenvalue weighted by Crippen LogP contribution is 1.80. The van der Waals surface area contributed by atoms with E-state index in [0.29, 0.717) is 0 Å². The zero-order valence-electron chi connectivity index (χ0n) is 7.32. The molecule has 72 valence electrons. The molecule has 0 saturated carbocycles. The molecular formula is C8H16O4.